The van der Waals surface area contributed by atoms with E-state index in [9.17, 15) is 9.59 Å². The first-order valence-corrected chi connectivity index (χ1v) is 10.5. The molecule has 1 unspecified atom stereocenters. The van der Waals surface area contributed by atoms with Gasteiger partial charge in [-0.3, -0.25) is 9.59 Å². The molecule has 1 saturated heterocycles. The number of amides is 2. The third kappa shape index (κ3) is 5.45. The second-order valence-electron chi connectivity index (χ2n) is 7.85. The van der Waals surface area contributed by atoms with Crippen molar-refractivity contribution in [2.45, 2.75) is 57.4 Å². The van der Waals surface area contributed by atoms with Crippen LogP contribution in [0, 0.1) is 5.92 Å². The van der Waals surface area contributed by atoms with E-state index in [2.05, 4.69) is 10.6 Å². The lowest BCUT2D eigenvalue weighted by molar-refractivity contribution is -0.116. The van der Waals surface area contributed by atoms with Crippen LogP contribution in [0.25, 0.3) is 0 Å². The minimum Gasteiger partial charge on any atom is -0.339 e. The van der Waals surface area contributed by atoms with Gasteiger partial charge in [0.1, 0.15) is 0 Å². The highest BCUT2D eigenvalue weighted by Crippen LogP contribution is 2.27. The van der Waals surface area contributed by atoms with Gasteiger partial charge in [-0.2, -0.15) is 0 Å². The number of hydrogen-bond acceptors (Lipinski definition) is 3. The Bertz CT molecular complexity index is 667. The lowest BCUT2D eigenvalue weighted by Gasteiger charge is -2.31. The van der Waals surface area contributed by atoms with Crippen molar-refractivity contribution in [3.8, 4) is 0 Å². The Morgan fingerprint density at radius 1 is 1.22 bits per heavy atom. The average molecular weight is 392 g/mol. The van der Waals surface area contributed by atoms with Crippen LogP contribution in [0.4, 0.5) is 5.69 Å². The number of anilines is 1. The largest absolute Gasteiger partial charge is 0.339 e. The second-order valence-corrected chi connectivity index (χ2v) is 8.26. The Morgan fingerprint density at radius 2 is 2.00 bits per heavy atom. The molecule has 6 heteroatoms. The van der Waals surface area contributed by atoms with Gasteiger partial charge in [-0.15, -0.1) is 0 Å². The zero-order chi connectivity index (χ0) is 19.2. The summed E-state index contributed by atoms with van der Waals surface area (Å²) in [5, 5.41) is 6.60. The highest BCUT2D eigenvalue weighted by Gasteiger charge is 2.24. The summed E-state index contributed by atoms with van der Waals surface area (Å²) in [4.78, 5) is 26.8. The highest BCUT2D eigenvalue weighted by atomic mass is 35.5. The fraction of sp³-hybridized carbons (Fsp3) is 0.619. The van der Waals surface area contributed by atoms with Gasteiger partial charge >= 0.3 is 0 Å². The molecular weight excluding hydrogens is 362 g/mol. The summed E-state index contributed by atoms with van der Waals surface area (Å²) in [6.07, 6.45) is 8.28. The number of carbonyl (C=O) groups is 2. The van der Waals surface area contributed by atoms with E-state index in [-0.39, 0.29) is 11.8 Å². The Morgan fingerprint density at radius 3 is 2.67 bits per heavy atom. The van der Waals surface area contributed by atoms with Crippen molar-refractivity contribution >= 4 is 29.1 Å². The molecule has 1 heterocycles. The molecule has 2 aliphatic rings. The number of carbonyl (C=O) groups excluding carboxylic acids is 2. The normalized spacial score (nSPS) is 20.4. The van der Waals surface area contributed by atoms with Gasteiger partial charge < -0.3 is 15.5 Å². The van der Waals surface area contributed by atoms with E-state index >= 15 is 0 Å². The van der Waals surface area contributed by atoms with E-state index in [4.69, 9.17) is 11.6 Å². The van der Waals surface area contributed by atoms with Crippen molar-refractivity contribution in [2.24, 2.45) is 5.92 Å². The van der Waals surface area contributed by atoms with Crippen LogP contribution in [0.2, 0.25) is 5.02 Å². The van der Waals surface area contributed by atoms with Crippen LogP contribution >= 0.6 is 11.6 Å². The summed E-state index contributed by atoms with van der Waals surface area (Å²) in [6, 6.07) is 5.47. The fourth-order valence-electron chi connectivity index (χ4n) is 4.11. The highest BCUT2D eigenvalue weighted by molar-refractivity contribution is 6.34. The Hall–Kier alpha value is -1.59. The van der Waals surface area contributed by atoms with Crippen molar-refractivity contribution in [1.82, 2.24) is 10.2 Å². The molecule has 1 aliphatic heterocycles. The summed E-state index contributed by atoms with van der Waals surface area (Å²) in [5.74, 6) is 0.546. The van der Waals surface area contributed by atoms with Gasteiger partial charge in [-0.1, -0.05) is 30.9 Å². The summed E-state index contributed by atoms with van der Waals surface area (Å²) < 4.78 is 0. The third-order valence-corrected chi connectivity index (χ3v) is 6.18. The van der Waals surface area contributed by atoms with Crippen molar-refractivity contribution in [1.29, 1.82) is 0 Å². The monoisotopic (exact) mass is 391 g/mol. The van der Waals surface area contributed by atoms with Gasteiger partial charge in [-0.05, 0) is 62.9 Å². The van der Waals surface area contributed by atoms with Gasteiger partial charge in [0.25, 0.3) is 5.91 Å². The van der Waals surface area contributed by atoms with Crippen LogP contribution in [0.1, 0.15) is 61.7 Å². The molecule has 2 N–H and O–H groups in total. The molecule has 1 saturated carbocycles. The fourth-order valence-corrected chi connectivity index (χ4v) is 4.37. The first-order chi connectivity index (χ1) is 13.0. The number of nitrogens with one attached hydrogen (secondary N) is 2. The van der Waals surface area contributed by atoms with Gasteiger partial charge in [0.05, 0.1) is 10.6 Å². The van der Waals surface area contributed by atoms with Crippen LogP contribution < -0.4 is 10.6 Å². The molecule has 0 radical (unpaired) electrons. The molecular formula is C21H30ClN3O2. The lowest BCUT2D eigenvalue weighted by Crippen LogP contribution is -2.38. The predicted molar refractivity (Wildman–Crippen MR) is 109 cm³/mol. The topological polar surface area (TPSA) is 61.4 Å². The van der Waals surface area contributed by atoms with E-state index in [1.165, 1.54) is 19.3 Å². The van der Waals surface area contributed by atoms with Gasteiger partial charge in [0.15, 0.2) is 0 Å². The number of rotatable bonds is 6. The first kappa shape index (κ1) is 20.2. The zero-order valence-corrected chi connectivity index (χ0v) is 16.9. The Kier molecular flexibility index (Phi) is 7.13. The average Bonchev–Trinajstić information content (AvgIpc) is 3.20. The summed E-state index contributed by atoms with van der Waals surface area (Å²) in [6.45, 7) is 2.05. The molecule has 1 aromatic rings. The number of benzene rings is 1. The number of halogens is 1. The minimum absolute atomic E-state index is 0.00336. The maximum atomic E-state index is 12.8. The molecule has 5 nitrogen and oxygen atoms in total. The first-order valence-electron chi connectivity index (χ1n) is 10.1. The Balaban J connectivity index is 1.55. The maximum absolute atomic E-state index is 12.8. The van der Waals surface area contributed by atoms with E-state index in [0.717, 1.165) is 38.8 Å². The zero-order valence-electron chi connectivity index (χ0n) is 16.1. The van der Waals surface area contributed by atoms with Crippen LogP contribution in [0.15, 0.2) is 18.2 Å². The van der Waals surface area contributed by atoms with E-state index in [1.54, 1.807) is 18.2 Å². The number of hydrogen-bond donors (Lipinski definition) is 2. The van der Waals surface area contributed by atoms with E-state index in [1.807, 2.05) is 11.9 Å². The van der Waals surface area contributed by atoms with Crippen LogP contribution in [0.5, 0.6) is 0 Å². The van der Waals surface area contributed by atoms with Crippen molar-refractivity contribution in [3.05, 3.63) is 28.8 Å². The van der Waals surface area contributed by atoms with Gasteiger partial charge in [0.2, 0.25) is 5.91 Å². The van der Waals surface area contributed by atoms with Crippen molar-refractivity contribution in [3.63, 3.8) is 0 Å². The van der Waals surface area contributed by atoms with Crippen LogP contribution in [0.3, 0.4) is 0 Å². The summed E-state index contributed by atoms with van der Waals surface area (Å²) >= 11 is 6.36. The molecule has 0 bridgehead atoms. The maximum Gasteiger partial charge on any atom is 0.255 e. The Labute approximate surface area is 166 Å². The molecule has 1 atom stereocenters. The lowest BCUT2D eigenvalue weighted by atomic mass is 9.94. The third-order valence-electron chi connectivity index (χ3n) is 5.87. The van der Waals surface area contributed by atoms with Crippen molar-refractivity contribution < 1.29 is 9.59 Å². The van der Waals surface area contributed by atoms with E-state index < -0.39 is 0 Å². The number of nitrogens with zero attached hydrogens (tertiary/aromatic N) is 1. The van der Waals surface area contributed by atoms with Crippen LogP contribution in [-0.4, -0.2) is 42.9 Å². The standard InChI is InChI=1S/C21H30ClN3O2/c1-25(17-5-3-2-4-6-17)21(27)18-9-8-16(13-19(18)22)24-20(26)10-7-15-11-12-23-14-15/h8-9,13,15,17,23H,2-7,10-12,14H2,1H3,(H,24,26). The summed E-state index contributed by atoms with van der Waals surface area (Å²) in [5.41, 5.74) is 1.14. The molecule has 0 aromatic heterocycles. The summed E-state index contributed by atoms with van der Waals surface area (Å²) in [7, 11) is 1.86. The molecule has 1 aromatic carbocycles. The molecule has 0 spiro atoms. The molecule has 3 rings (SSSR count). The molecule has 2 amide bonds. The van der Waals surface area contributed by atoms with E-state index in [0.29, 0.717) is 34.7 Å². The van der Waals surface area contributed by atoms with Crippen LogP contribution in [-0.2, 0) is 4.79 Å². The van der Waals surface area contributed by atoms with Crippen molar-refractivity contribution in [2.75, 3.05) is 25.5 Å². The molecule has 2 fully saturated rings. The van der Waals surface area contributed by atoms with Gasteiger partial charge in [-0.25, -0.2) is 0 Å². The molecule has 27 heavy (non-hydrogen) atoms. The quantitative estimate of drug-likeness (QED) is 0.768. The van der Waals surface area contributed by atoms with Gasteiger partial charge in [0, 0.05) is 25.2 Å². The smallest absolute Gasteiger partial charge is 0.255 e. The second kappa shape index (κ2) is 9.56. The molecule has 148 valence electrons. The molecule has 1 aliphatic carbocycles. The SMILES string of the molecule is CN(C(=O)c1ccc(NC(=O)CCC2CCNC2)cc1Cl)C1CCCCC1. The predicted octanol–water partition coefficient (Wildman–Crippen LogP) is 4.07. The minimum atomic E-state index is -0.0430.